The Hall–Kier alpha value is -2.50. The van der Waals surface area contributed by atoms with Crippen molar-refractivity contribution in [2.24, 2.45) is 0 Å². The molecule has 24 heavy (non-hydrogen) atoms. The molecule has 0 saturated heterocycles. The predicted octanol–water partition coefficient (Wildman–Crippen LogP) is 4.21. The zero-order valence-electron chi connectivity index (χ0n) is 14.0. The van der Waals surface area contributed by atoms with Crippen LogP contribution in [0.4, 0.5) is 13.6 Å². The Kier molecular flexibility index (Phi) is 5.84. The van der Waals surface area contributed by atoms with Crippen molar-refractivity contribution in [3.05, 3.63) is 65.5 Å². The largest absolute Gasteiger partial charge is 0.331 e. The molecule has 0 fully saturated rings. The van der Waals surface area contributed by atoms with E-state index in [2.05, 4.69) is 10.3 Å². The fourth-order valence-corrected chi connectivity index (χ4v) is 2.61. The van der Waals surface area contributed by atoms with Crippen LogP contribution in [0.2, 0.25) is 0 Å². The smallest absolute Gasteiger partial charge is 0.318 e. The highest BCUT2D eigenvalue weighted by molar-refractivity contribution is 5.75. The molecule has 2 atom stereocenters. The Morgan fingerprint density at radius 1 is 1.17 bits per heavy atom. The maximum atomic E-state index is 13.3. The number of rotatable bonds is 5. The van der Waals surface area contributed by atoms with Crippen LogP contribution in [-0.2, 0) is 0 Å². The van der Waals surface area contributed by atoms with Crippen molar-refractivity contribution < 1.29 is 13.6 Å². The Balaban J connectivity index is 2.08. The maximum Gasteiger partial charge on any atom is 0.318 e. The van der Waals surface area contributed by atoms with E-state index < -0.39 is 17.7 Å². The fraction of sp³-hybridized carbons (Fsp3) is 0.333. The summed E-state index contributed by atoms with van der Waals surface area (Å²) in [4.78, 5) is 18.1. The minimum Gasteiger partial charge on any atom is -0.331 e. The van der Waals surface area contributed by atoms with Crippen LogP contribution in [-0.4, -0.2) is 23.0 Å². The van der Waals surface area contributed by atoms with E-state index in [0.717, 1.165) is 24.1 Å². The molecular weight excluding hydrogens is 312 g/mol. The summed E-state index contributed by atoms with van der Waals surface area (Å²) < 4.78 is 26.4. The van der Waals surface area contributed by atoms with E-state index >= 15 is 0 Å². The van der Waals surface area contributed by atoms with Gasteiger partial charge < -0.3 is 10.2 Å². The number of carbonyl (C=O) groups is 1. The Morgan fingerprint density at radius 2 is 1.83 bits per heavy atom. The van der Waals surface area contributed by atoms with Gasteiger partial charge in [0.15, 0.2) is 11.6 Å². The molecule has 1 aromatic carbocycles. The van der Waals surface area contributed by atoms with Gasteiger partial charge in [-0.25, -0.2) is 13.6 Å². The van der Waals surface area contributed by atoms with E-state index in [4.69, 9.17) is 0 Å². The van der Waals surface area contributed by atoms with Crippen molar-refractivity contribution in [3.8, 4) is 0 Å². The van der Waals surface area contributed by atoms with Crippen LogP contribution in [0.25, 0.3) is 0 Å². The van der Waals surface area contributed by atoms with Crippen LogP contribution in [0.3, 0.4) is 0 Å². The fourth-order valence-electron chi connectivity index (χ4n) is 2.61. The Bertz CT molecular complexity index is 694. The number of hydrogen-bond acceptors (Lipinski definition) is 2. The van der Waals surface area contributed by atoms with Gasteiger partial charge >= 0.3 is 6.03 Å². The highest BCUT2D eigenvalue weighted by Gasteiger charge is 2.22. The number of benzene rings is 1. The van der Waals surface area contributed by atoms with E-state index in [1.807, 2.05) is 19.1 Å². The number of aromatic nitrogens is 1. The molecule has 0 saturated carbocycles. The molecule has 1 N–H and O–H groups in total. The standard InChI is InChI=1S/C18H21F2N3O/c1-4-17(13-7-9-21-10-8-13)23(3)18(24)22-12(2)14-5-6-15(19)16(20)11-14/h5-12,17H,4H2,1-3H3,(H,22,24)/t12-,17-/m0/s1. The molecule has 2 rings (SSSR count). The van der Waals surface area contributed by atoms with Crippen LogP contribution in [0, 0.1) is 11.6 Å². The number of nitrogens with zero attached hydrogens (tertiary/aromatic N) is 2. The van der Waals surface area contributed by atoms with E-state index in [0.29, 0.717) is 5.56 Å². The Morgan fingerprint density at radius 3 is 2.42 bits per heavy atom. The van der Waals surface area contributed by atoms with Gasteiger partial charge in [0.2, 0.25) is 0 Å². The maximum absolute atomic E-state index is 13.3. The molecular formula is C18H21F2N3O. The molecule has 0 unspecified atom stereocenters. The summed E-state index contributed by atoms with van der Waals surface area (Å²) in [6, 6.07) is 6.55. The quantitative estimate of drug-likeness (QED) is 0.891. The van der Waals surface area contributed by atoms with Crippen molar-refractivity contribution in [1.82, 2.24) is 15.2 Å². The van der Waals surface area contributed by atoms with E-state index in [9.17, 15) is 13.6 Å². The molecule has 0 spiro atoms. The van der Waals surface area contributed by atoms with Crippen molar-refractivity contribution in [1.29, 1.82) is 0 Å². The van der Waals surface area contributed by atoms with Crippen molar-refractivity contribution in [3.63, 3.8) is 0 Å². The van der Waals surface area contributed by atoms with Gasteiger partial charge in [0, 0.05) is 19.4 Å². The molecule has 4 nitrogen and oxygen atoms in total. The third kappa shape index (κ3) is 4.07. The minimum absolute atomic E-state index is 0.0925. The average molecular weight is 333 g/mol. The van der Waals surface area contributed by atoms with Crippen LogP contribution in [0.1, 0.15) is 43.5 Å². The number of hydrogen-bond donors (Lipinski definition) is 1. The van der Waals surface area contributed by atoms with Gasteiger partial charge in [0.1, 0.15) is 0 Å². The summed E-state index contributed by atoms with van der Waals surface area (Å²) >= 11 is 0. The average Bonchev–Trinajstić information content (AvgIpc) is 2.58. The number of amides is 2. The molecule has 1 heterocycles. The number of carbonyl (C=O) groups excluding carboxylic acids is 1. The van der Waals surface area contributed by atoms with Crippen LogP contribution < -0.4 is 5.32 Å². The summed E-state index contributed by atoms with van der Waals surface area (Å²) in [5.41, 5.74) is 1.50. The third-order valence-electron chi connectivity index (χ3n) is 4.05. The first-order valence-corrected chi connectivity index (χ1v) is 7.82. The van der Waals surface area contributed by atoms with E-state index in [1.54, 1.807) is 31.3 Å². The van der Waals surface area contributed by atoms with Crippen molar-refractivity contribution >= 4 is 6.03 Å². The first-order chi connectivity index (χ1) is 11.4. The molecule has 0 bridgehead atoms. The van der Waals surface area contributed by atoms with Crippen molar-refractivity contribution in [2.75, 3.05) is 7.05 Å². The van der Waals surface area contributed by atoms with Crippen LogP contribution in [0.15, 0.2) is 42.7 Å². The van der Waals surface area contributed by atoms with Gasteiger partial charge in [0.25, 0.3) is 0 Å². The van der Waals surface area contributed by atoms with Crippen LogP contribution >= 0.6 is 0 Å². The zero-order valence-corrected chi connectivity index (χ0v) is 14.0. The normalized spacial score (nSPS) is 13.2. The second-order valence-corrected chi connectivity index (χ2v) is 5.66. The number of pyridine rings is 1. The highest BCUT2D eigenvalue weighted by Crippen LogP contribution is 2.23. The summed E-state index contributed by atoms with van der Waals surface area (Å²) in [6.07, 6.45) is 4.12. The third-order valence-corrected chi connectivity index (χ3v) is 4.05. The number of halogens is 2. The molecule has 0 aliphatic rings. The van der Waals surface area contributed by atoms with Gasteiger partial charge in [-0.3, -0.25) is 4.98 Å². The monoisotopic (exact) mass is 333 g/mol. The van der Waals surface area contributed by atoms with E-state index in [-0.39, 0.29) is 12.1 Å². The summed E-state index contributed by atoms with van der Waals surface area (Å²) in [6.45, 7) is 3.72. The first-order valence-electron chi connectivity index (χ1n) is 7.82. The second kappa shape index (κ2) is 7.86. The molecule has 0 aliphatic heterocycles. The van der Waals surface area contributed by atoms with Crippen LogP contribution in [0.5, 0.6) is 0 Å². The van der Waals surface area contributed by atoms with Gasteiger partial charge in [-0.05, 0) is 48.7 Å². The molecule has 0 radical (unpaired) electrons. The van der Waals surface area contributed by atoms with E-state index in [1.165, 1.54) is 6.07 Å². The number of urea groups is 1. The SMILES string of the molecule is CC[C@@H](c1ccncc1)N(C)C(=O)N[C@@H](C)c1ccc(F)c(F)c1. The molecule has 1 aromatic heterocycles. The summed E-state index contributed by atoms with van der Waals surface area (Å²) in [5.74, 6) is -1.83. The zero-order chi connectivity index (χ0) is 17.7. The lowest BCUT2D eigenvalue weighted by molar-refractivity contribution is 0.185. The second-order valence-electron chi connectivity index (χ2n) is 5.66. The van der Waals surface area contributed by atoms with Gasteiger partial charge in [-0.1, -0.05) is 13.0 Å². The van der Waals surface area contributed by atoms with Gasteiger partial charge in [-0.2, -0.15) is 0 Å². The molecule has 128 valence electrons. The predicted molar refractivity (Wildman–Crippen MR) is 88.3 cm³/mol. The Labute approximate surface area is 140 Å². The summed E-state index contributed by atoms with van der Waals surface area (Å²) in [7, 11) is 1.71. The molecule has 2 amide bonds. The minimum atomic E-state index is -0.926. The molecule has 0 aliphatic carbocycles. The van der Waals surface area contributed by atoms with Crippen molar-refractivity contribution in [2.45, 2.75) is 32.4 Å². The lowest BCUT2D eigenvalue weighted by atomic mass is 10.0. The summed E-state index contributed by atoms with van der Waals surface area (Å²) in [5, 5.41) is 2.81. The topological polar surface area (TPSA) is 45.2 Å². The first kappa shape index (κ1) is 17.8. The lowest BCUT2D eigenvalue weighted by Gasteiger charge is -2.29. The van der Waals surface area contributed by atoms with Gasteiger partial charge in [-0.15, -0.1) is 0 Å². The highest BCUT2D eigenvalue weighted by atomic mass is 19.2. The lowest BCUT2D eigenvalue weighted by Crippen LogP contribution is -2.40. The molecule has 2 aromatic rings. The molecule has 6 heteroatoms. The number of nitrogens with one attached hydrogen (secondary N) is 1. The van der Waals surface area contributed by atoms with Gasteiger partial charge in [0.05, 0.1) is 12.1 Å².